The number of primary amides is 1. The minimum atomic E-state index is -0.433. The first-order valence-electron chi connectivity index (χ1n) is 13.8. The van der Waals surface area contributed by atoms with Crippen LogP contribution in [0.2, 0.25) is 0 Å². The van der Waals surface area contributed by atoms with Gasteiger partial charge in [0.25, 0.3) is 0 Å². The van der Waals surface area contributed by atoms with Crippen molar-refractivity contribution in [2.75, 3.05) is 50.8 Å². The van der Waals surface area contributed by atoms with E-state index in [2.05, 4.69) is 33.1 Å². The van der Waals surface area contributed by atoms with Gasteiger partial charge in [0.05, 0.1) is 17.9 Å². The number of nitrogens with zero attached hydrogens (tertiary/aromatic N) is 3. The van der Waals surface area contributed by atoms with Crippen LogP contribution in [0.1, 0.15) is 58.3 Å². The molecule has 1 aliphatic heterocycles. The number of allylic oxidation sites excluding steroid dienone is 2. The number of hydrogen-bond donors (Lipinski definition) is 2. The molecule has 8 heteroatoms. The number of carbonyl (C=O) groups excluding carboxylic acids is 2. The Hall–Kier alpha value is -2.45. The second-order valence-electron chi connectivity index (χ2n) is 10.0. The molecule has 2 amide bonds. The van der Waals surface area contributed by atoms with Gasteiger partial charge < -0.3 is 20.7 Å². The Morgan fingerprint density at radius 2 is 1.78 bits per heavy atom. The Labute approximate surface area is 216 Å². The van der Waals surface area contributed by atoms with Gasteiger partial charge in [-0.3, -0.25) is 14.5 Å². The smallest absolute Gasteiger partial charge is 0.224 e. The summed E-state index contributed by atoms with van der Waals surface area (Å²) in [4.78, 5) is 34.0. The molecule has 200 valence electrons. The molecule has 0 spiro atoms. The Balaban J connectivity index is 1.49. The summed E-state index contributed by atoms with van der Waals surface area (Å²) in [5.41, 5.74) is 5.56. The molecule has 36 heavy (non-hydrogen) atoms. The molecule has 3 atom stereocenters. The molecule has 3 N–H and O–H groups in total. The number of piperazine rings is 1. The van der Waals surface area contributed by atoms with Crippen molar-refractivity contribution in [1.82, 2.24) is 15.2 Å². The first-order valence-corrected chi connectivity index (χ1v) is 13.8. The fourth-order valence-corrected chi connectivity index (χ4v) is 5.06. The fourth-order valence-electron chi connectivity index (χ4n) is 5.06. The van der Waals surface area contributed by atoms with Crippen LogP contribution >= 0.6 is 0 Å². The van der Waals surface area contributed by atoms with Gasteiger partial charge in [0.1, 0.15) is 5.82 Å². The van der Waals surface area contributed by atoms with E-state index in [-0.39, 0.29) is 12.0 Å². The number of aromatic nitrogens is 1. The Morgan fingerprint density at radius 3 is 2.47 bits per heavy atom. The molecule has 2 aliphatic rings. The van der Waals surface area contributed by atoms with Crippen LogP contribution in [0.5, 0.6) is 0 Å². The maximum atomic E-state index is 13.0. The molecule has 1 aromatic rings. The zero-order valence-electron chi connectivity index (χ0n) is 21.9. The quantitative estimate of drug-likeness (QED) is 0.284. The summed E-state index contributed by atoms with van der Waals surface area (Å²) in [6.07, 6.45) is 14.0. The number of amides is 2. The van der Waals surface area contributed by atoms with Crippen molar-refractivity contribution in [3.63, 3.8) is 0 Å². The zero-order valence-corrected chi connectivity index (χ0v) is 21.9. The second-order valence-corrected chi connectivity index (χ2v) is 10.0. The molecule has 1 aliphatic carbocycles. The van der Waals surface area contributed by atoms with E-state index < -0.39 is 17.7 Å². The maximum absolute atomic E-state index is 13.0. The number of carbonyl (C=O) groups is 2. The third-order valence-corrected chi connectivity index (χ3v) is 7.30. The monoisotopic (exact) mass is 499 g/mol. The van der Waals surface area contributed by atoms with E-state index in [1.807, 2.05) is 30.5 Å². The number of unbranched alkanes of at least 4 members (excludes halogenated alkanes) is 5. The number of rotatable bonds is 15. The maximum Gasteiger partial charge on any atom is 0.224 e. The van der Waals surface area contributed by atoms with Gasteiger partial charge in [-0.25, -0.2) is 4.98 Å². The van der Waals surface area contributed by atoms with Crippen molar-refractivity contribution in [3.05, 3.63) is 36.5 Å². The van der Waals surface area contributed by atoms with Crippen molar-refractivity contribution in [2.45, 2.75) is 64.4 Å². The first kappa shape index (κ1) is 28.1. The fraction of sp³-hybridized carbons (Fsp3) is 0.679. The third kappa shape index (κ3) is 9.21. The van der Waals surface area contributed by atoms with Crippen LogP contribution in [-0.2, 0) is 14.3 Å². The standard InChI is InChI=1S/C28H45N5O3/c1-2-3-4-5-6-11-20-36-23(21-31-28(35)25-13-8-7-12-24(25)27(29)34)22-32-16-18-33(19-17-32)26-14-9-10-15-30-26/h7-10,14-15,23-25H,2-6,11-13,16-22H2,1H3,(H2,29,34)(H,31,35)/t23?,24-,25+/m0/s1. The number of nitrogens with one attached hydrogen (secondary N) is 1. The molecule has 1 unspecified atom stereocenters. The summed E-state index contributed by atoms with van der Waals surface area (Å²) in [6.45, 7) is 7.85. The molecule has 0 aromatic carbocycles. The lowest BCUT2D eigenvalue weighted by atomic mass is 9.82. The summed E-state index contributed by atoms with van der Waals surface area (Å²) in [5.74, 6) is -0.311. The number of nitrogens with two attached hydrogens (primary N) is 1. The number of pyridine rings is 1. The highest BCUT2D eigenvalue weighted by Crippen LogP contribution is 2.25. The number of ether oxygens (including phenoxy) is 1. The largest absolute Gasteiger partial charge is 0.375 e. The van der Waals surface area contributed by atoms with E-state index in [9.17, 15) is 9.59 Å². The minimum absolute atomic E-state index is 0.0860. The topological polar surface area (TPSA) is 101 Å². The lowest BCUT2D eigenvalue weighted by Crippen LogP contribution is -2.51. The van der Waals surface area contributed by atoms with E-state index in [4.69, 9.17) is 10.5 Å². The van der Waals surface area contributed by atoms with E-state index in [0.29, 0.717) is 26.0 Å². The van der Waals surface area contributed by atoms with E-state index in [1.54, 1.807) is 0 Å². The summed E-state index contributed by atoms with van der Waals surface area (Å²) in [6, 6.07) is 6.01. The summed E-state index contributed by atoms with van der Waals surface area (Å²) < 4.78 is 6.29. The van der Waals surface area contributed by atoms with Gasteiger partial charge in [-0.15, -0.1) is 0 Å². The molecule has 1 aromatic heterocycles. The van der Waals surface area contributed by atoms with Crippen molar-refractivity contribution in [3.8, 4) is 0 Å². The Morgan fingerprint density at radius 1 is 1.06 bits per heavy atom. The van der Waals surface area contributed by atoms with Gasteiger partial charge in [0, 0.05) is 52.1 Å². The van der Waals surface area contributed by atoms with E-state index in [0.717, 1.165) is 45.0 Å². The van der Waals surface area contributed by atoms with Crippen LogP contribution in [0.4, 0.5) is 5.82 Å². The van der Waals surface area contributed by atoms with Crippen LogP contribution in [0, 0.1) is 11.8 Å². The van der Waals surface area contributed by atoms with Gasteiger partial charge >= 0.3 is 0 Å². The Kier molecular flexibility index (Phi) is 12.2. The molecule has 0 bridgehead atoms. The zero-order chi connectivity index (χ0) is 25.6. The average Bonchev–Trinajstić information content (AvgIpc) is 2.91. The van der Waals surface area contributed by atoms with Crippen LogP contribution < -0.4 is 16.0 Å². The highest BCUT2D eigenvalue weighted by Gasteiger charge is 2.33. The minimum Gasteiger partial charge on any atom is -0.375 e. The second kappa shape index (κ2) is 15.6. The van der Waals surface area contributed by atoms with Crippen molar-refractivity contribution >= 4 is 17.6 Å². The lowest BCUT2D eigenvalue weighted by Gasteiger charge is -2.37. The van der Waals surface area contributed by atoms with Gasteiger partial charge in [-0.2, -0.15) is 0 Å². The van der Waals surface area contributed by atoms with E-state index >= 15 is 0 Å². The van der Waals surface area contributed by atoms with Crippen molar-refractivity contribution < 1.29 is 14.3 Å². The molecule has 2 heterocycles. The molecular formula is C28H45N5O3. The predicted octanol–water partition coefficient (Wildman–Crippen LogP) is 3.13. The van der Waals surface area contributed by atoms with Gasteiger partial charge in [0.15, 0.2) is 0 Å². The van der Waals surface area contributed by atoms with Gasteiger partial charge in [-0.1, -0.05) is 57.2 Å². The molecule has 0 saturated carbocycles. The third-order valence-electron chi connectivity index (χ3n) is 7.30. The average molecular weight is 500 g/mol. The normalized spacial score (nSPS) is 21.3. The van der Waals surface area contributed by atoms with Gasteiger partial charge in [0.2, 0.25) is 11.8 Å². The molecular weight excluding hydrogens is 454 g/mol. The Bertz CT molecular complexity index is 811. The van der Waals surface area contributed by atoms with Crippen LogP contribution in [-0.4, -0.2) is 73.7 Å². The predicted molar refractivity (Wildman–Crippen MR) is 144 cm³/mol. The molecule has 1 saturated heterocycles. The highest BCUT2D eigenvalue weighted by atomic mass is 16.5. The van der Waals surface area contributed by atoms with Gasteiger partial charge in [-0.05, 0) is 31.4 Å². The highest BCUT2D eigenvalue weighted by molar-refractivity contribution is 5.87. The summed E-state index contributed by atoms with van der Waals surface area (Å²) in [7, 11) is 0. The SMILES string of the molecule is CCCCCCCCOC(CNC(=O)[C@@H]1CC=CC[C@@H]1C(N)=O)CN1CCN(c2ccccn2)CC1. The van der Waals surface area contributed by atoms with Crippen molar-refractivity contribution in [1.29, 1.82) is 0 Å². The summed E-state index contributed by atoms with van der Waals surface area (Å²) >= 11 is 0. The lowest BCUT2D eigenvalue weighted by molar-refractivity contribution is -0.133. The first-order chi connectivity index (χ1) is 17.6. The van der Waals surface area contributed by atoms with Crippen molar-refractivity contribution in [2.24, 2.45) is 17.6 Å². The number of hydrogen-bond acceptors (Lipinski definition) is 6. The molecule has 1 fully saturated rings. The van der Waals surface area contributed by atoms with Crippen LogP contribution in [0.3, 0.4) is 0 Å². The molecule has 8 nitrogen and oxygen atoms in total. The van der Waals surface area contributed by atoms with Crippen LogP contribution in [0.15, 0.2) is 36.5 Å². The van der Waals surface area contributed by atoms with Crippen LogP contribution in [0.25, 0.3) is 0 Å². The summed E-state index contributed by atoms with van der Waals surface area (Å²) in [5, 5.41) is 3.08. The van der Waals surface area contributed by atoms with E-state index in [1.165, 1.54) is 32.1 Å². The number of anilines is 1. The molecule has 3 rings (SSSR count). The molecule has 0 radical (unpaired) electrons.